The van der Waals surface area contributed by atoms with Crippen molar-refractivity contribution in [1.29, 1.82) is 0 Å². The second-order valence-electron chi connectivity index (χ2n) is 5.32. The molecule has 0 atom stereocenters. The van der Waals surface area contributed by atoms with Crippen LogP contribution in [0.3, 0.4) is 0 Å². The van der Waals surface area contributed by atoms with E-state index in [9.17, 15) is 9.59 Å². The summed E-state index contributed by atoms with van der Waals surface area (Å²) in [5, 5.41) is 0. The lowest BCUT2D eigenvalue weighted by Crippen LogP contribution is -2.43. The number of likely N-dealkylation sites (tertiary alicyclic amines) is 1. The van der Waals surface area contributed by atoms with Crippen LogP contribution in [-0.4, -0.2) is 54.3 Å². The molecular formula is C16H23N3O2. The van der Waals surface area contributed by atoms with Crippen LogP contribution >= 0.6 is 0 Å². The molecule has 0 spiro atoms. The van der Waals surface area contributed by atoms with Crippen molar-refractivity contribution in [2.24, 2.45) is 5.73 Å². The minimum atomic E-state index is -0.00775. The Kier molecular flexibility index (Phi) is 5.75. The lowest BCUT2D eigenvalue weighted by Gasteiger charge is -2.25. The summed E-state index contributed by atoms with van der Waals surface area (Å²) in [4.78, 5) is 27.3. The molecule has 0 aromatic heterocycles. The quantitative estimate of drug-likeness (QED) is 0.801. The van der Waals surface area contributed by atoms with Gasteiger partial charge in [-0.3, -0.25) is 9.59 Å². The molecule has 1 heterocycles. The molecule has 0 unspecified atom stereocenters. The molecule has 5 nitrogen and oxygen atoms in total. The average molecular weight is 289 g/mol. The fourth-order valence-corrected chi connectivity index (χ4v) is 2.56. The molecule has 1 fully saturated rings. The van der Waals surface area contributed by atoms with Crippen molar-refractivity contribution >= 4 is 11.8 Å². The summed E-state index contributed by atoms with van der Waals surface area (Å²) in [6.07, 6.45) is 2.22. The van der Waals surface area contributed by atoms with Crippen molar-refractivity contribution < 1.29 is 9.59 Å². The van der Waals surface area contributed by atoms with E-state index >= 15 is 0 Å². The monoisotopic (exact) mass is 289 g/mol. The first-order valence-corrected chi connectivity index (χ1v) is 7.50. The van der Waals surface area contributed by atoms with Crippen molar-refractivity contribution in [1.82, 2.24) is 9.80 Å². The number of nitrogens with two attached hydrogens (primary N) is 1. The van der Waals surface area contributed by atoms with Gasteiger partial charge in [0.15, 0.2) is 0 Å². The number of amides is 2. The zero-order valence-electron chi connectivity index (χ0n) is 12.3. The molecule has 0 bridgehead atoms. The standard InChI is InChI=1S/C16H23N3O2/c17-9-12-18(11-8-14-5-2-1-3-6-14)16(21)13-19-10-4-7-15(19)20/h1-3,5-6H,4,7-13,17H2. The van der Waals surface area contributed by atoms with E-state index in [0.717, 1.165) is 12.8 Å². The van der Waals surface area contributed by atoms with E-state index in [2.05, 4.69) is 12.1 Å². The number of benzene rings is 1. The predicted molar refractivity (Wildman–Crippen MR) is 81.6 cm³/mol. The van der Waals surface area contributed by atoms with Crippen LogP contribution < -0.4 is 5.73 Å². The third-order valence-corrected chi connectivity index (χ3v) is 3.76. The Morgan fingerprint density at radius 3 is 2.62 bits per heavy atom. The maximum atomic E-state index is 12.3. The lowest BCUT2D eigenvalue weighted by molar-refractivity contribution is -0.138. The van der Waals surface area contributed by atoms with Crippen molar-refractivity contribution in [3.63, 3.8) is 0 Å². The Morgan fingerprint density at radius 1 is 1.24 bits per heavy atom. The van der Waals surface area contributed by atoms with Gasteiger partial charge in [-0.2, -0.15) is 0 Å². The zero-order valence-corrected chi connectivity index (χ0v) is 12.3. The molecule has 21 heavy (non-hydrogen) atoms. The van der Waals surface area contributed by atoms with E-state index in [0.29, 0.717) is 32.6 Å². The molecule has 0 aliphatic carbocycles. The molecule has 0 radical (unpaired) electrons. The van der Waals surface area contributed by atoms with Crippen LogP contribution in [0.2, 0.25) is 0 Å². The van der Waals surface area contributed by atoms with Crippen molar-refractivity contribution in [2.75, 3.05) is 32.7 Å². The number of hydrogen-bond donors (Lipinski definition) is 1. The summed E-state index contributed by atoms with van der Waals surface area (Å²) >= 11 is 0. The van der Waals surface area contributed by atoms with Crippen molar-refractivity contribution in [2.45, 2.75) is 19.3 Å². The number of carbonyl (C=O) groups is 2. The lowest BCUT2D eigenvalue weighted by atomic mass is 10.1. The molecule has 1 aromatic carbocycles. The maximum absolute atomic E-state index is 12.3. The maximum Gasteiger partial charge on any atom is 0.242 e. The van der Waals surface area contributed by atoms with Gasteiger partial charge in [-0.1, -0.05) is 30.3 Å². The summed E-state index contributed by atoms with van der Waals surface area (Å²) in [7, 11) is 0. The van der Waals surface area contributed by atoms with Crippen LogP contribution in [-0.2, 0) is 16.0 Å². The van der Waals surface area contributed by atoms with E-state index in [-0.39, 0.29) is 18.4 Å². The highest BCUT2D eigenvalue weighted by atomic mass is 16.2. The van der Waals surface area contributed by atoms with Crippen molar-refractivity contribution in [3.05, 3.63) is 35.9 Å². The van der Waals surface area contributed by atoms with Crippen LogP contribution in [0.25, 0.3) is 0 Å². The Labute approximate surface area is 125 Å². The third kappa shape index (κ3) is 4.56. The Balaban J connectivity index is 1.88. The fourth-order valence-electron chi connectivity index (χ4n) is 2.56. The highest BCUT2D eigenvalue weighted by molar-refractivity contribution is 5.85. The summed E-state index contributed by atoms with van der Waals surface area (Å²) < 4.78 is 0. The molecule has 2 rings (SSSR count). The van der Waals surface area contributed by atoms with Gasteiger partial charge in [-0.25, -0.2) is 0 Å². The molecule has 1 aromatic rings. The van der Waals surface area contributed by atoms with E-state index in [4.69, 9.17) is 5.73 Å². The van der Waals surface area contributed by atoms with Gasteiger partial charge in [-0.05, 0) is 18.4 Å². The molecular weight excluding hydrogens is 266 g/mol. The van der Waals surface area contributed by atoms with Crippen LogP contribution in [0.4, 0.5) is 0 Å². The molecule has 0 saturated carbocycles. The molecule has 1 aliphatic heterocycles. The van der Waals surface area contributed by atoms with Gasteiger partial charge in [0.2, 0.25) is 11.8 Å². The molecule has 1 saturated heterocycles. The SMILES string of the molecule is NCCN(CCc1ccccc1)C(=O)CN1CCCC1=O. The highest BCUT2D eigenvalue weighted by Gasteiger charge is 2.24. The second-order valence-corrected chi connectivity index (χ2v) is 5.32. The molecule has 2 amide bonds. The topological polar surface area (TPSA) is 66.6 Å². The average Bonchev–Trinajstić information content (AvgIpc) is 2.89. The Hall–Kier alpha value is -1.88. The Bertz CT molecular complexity index is 476. The first kappa shape index (κ1) is 15.5. The third-order valence-electron chi connectivity index (χ3n) is 3.76. The van der Waals surface area contributed by atoms with Gasteiger partial charge in [-0.15, -0.1) is 0 Å². The molecule has 2 N–H and O–H groups in total. The zero-order chi connectivity index (χ0) is 15.1. The molecule has 1 aliphatic rings. The van der Waals surface area contributed by atoms with E-state index in [1.165, 1.54) is 5.56 Å². The van der Waals surface area contributed by atoms with E-state index in [1.807, 2.05) is 18.2 Å². The van der Waals surface area contributed by atoms with Crippen molar-refractivity contribution in [3.8, 4) is 0 Å². The van der Waals surface area contributed by atoms with Gasteiger partial charge in [0.1, 0.15) is 0 Å². The highest BCUT2D eigenvalue weighted by Crippen LogP contribution is 2.10. The van der Waals surface area contributed by atoms with Gasteiger partial charge in [0, 0.05) is 32.6 Å². The minimum Gasteiger partial charge on any atom is -0.340 e. The normalized spacial score (nSPS) is 14.5. The Morgan fingerprint density at radius 2 is 2.00 bits per heavy atom. The number of hydrogen-bond acceptors (Lipinski definition) is 3. The number of nitrogens with zero attached hydrogens (tertiary/aromatic N) is 2. The summed E-state index contributed by atoms with van der Waals surface area (Å²) in [5.41, 5.74) is 6.80. The van der Waals surface area contributed by atoms with Gasteiger partial charge in [0.05, 0.1) is 6.54 Å². The van der Waals surface area contributed by atoms with Gasteiger partial charge < -0.3 is 15.5 Å². The van der Waals surface area contributed by atoms with Crippen LogP contribution in [0, 0.1) is 0 Å². The molecule has 5 heteroatoms. The second kappa shape index (κ2) is 7.78. The van der Waals surface area contributed by atoms with Crippen LogP contribution in [0.1, 0.15) is 18.4 Å². The van der Waals surface area contributed by atoms with Gasteiger partial charge in [0.25, 0.3) is 0 Å². The van der Waals surface area contributed by atoms with E-state index < -0.39 is 0 Å². The predicted octanol–water partition coefficient (Wildman–Crippen LogP) is 0.639. The number of rotatable bonds is 7. The first-order chi connectivity index (χ1) is 10.2. The van der Waals surface area contributed by atoms with Crippen LogP contribution in [0.5, 0.6) is 0 Å². The van der Waals surface area contributed by atoms with Crippen LogP contribution in [0.15, 0.2) is 30.3 Å². The fraction of sp³-hybridized carbons (Fsp3) is 0.500. The minimum absolute atomic E-state index is 0.00775. The summed E-state index contributed by atoms with van der Waals surface area (Å²) in [6.45, 7) is 2.50. The first-order valence-electron chi connectivity index (χ1n) is 7.50. The summed E-state index contributed by atoms with van der Waals surface area (Å²) in [5.74, 6) is 0.0748. The largest absolute Gasteiger partial charge is 0.340 e. The molecule has 114 valence electrons. The number of carbonyl (C=O) groups excluding carboxylic acids is 2. The van der Waals surface area contributed by atoms with E-state index in [1.54, 1.807) is 9.80 Å². The smallest absolute Gasteiger partial charge is 0.242 e. The summed E-state index contributed by atoms with van der Waals surface area (Å²) in [6, 6.07) is 10.1. The van der Waals surface area contributed by atoms with Gasteiger partial charge >= 0.3 is 0 Å².